The van der Waals surface area contributed by atoms with Gasteiger partial charge in [0.1, 0.15) is 0 Å². The second kappa shape index (κ2) is 46.6. The normalized spacial score (nSPS) is 17.0. The van der Waals surface area contributed by atoms with E-state index >= 15 is 0 Å². The van der Waals surface area contributed by atoms with Crippen molar-refractivity contribution in [3.8, 4) is 0 Å². The number of amides is 3. The first-order chi connectivity index (χ1) is 31.7. The van der Waals surface area contributed by atoms with Crippen molar-refractivity contribution in [1.29, 1.82) is 0 Å². The first kappa shape index (κ1) is 58.6. The standard InChI is InChI=1S/C42H82N4O17S/c43-5-7-49-9-11-51-13-15-53-17-19-55-21-23-57-25-27-59-29-31-61-33-35-63-36-34-62-32-30-60-28-26-58-24-22-56-20-18-54-16-14-52-12-10-50-8-6-44-40(47)4-2-1-3-39-41-38(37-64-39)45-42(48)46-41/h38-39,41H,1-37,43H2,(H,44,47)(H2,45,46,48)/t38-,39-,41-/m0/s1. The molecule has 22 heteroatoms. The number of thioether (sulfide) groups is 1. The van der Waals surface area contributed by atoms with Gasteiger partial charge in [0.15, 0.2) is 0 Å². The lowest BCUT2D eigenvalue weighted by atomic mass is 10.0. The van der Waals surface area contributed by atoms with E-state index in [9.17, 15) is 9.59 Å². The number of carbonyl (C=O) groups excluding carboxylic acids is 2. The fourth-order valence-corrected chi connectivity index (χ4v) is 7.43. The summed E-state index contributed by atoms with van der Waals surface area (Å²) in [5, 5.41) is 9.29. The number of rotatable bonds is 52. The Labute approximate surface area is 385 Å². The minimum absolute atomic E-state index is 0.0405. The van der Waals surface area contributed by atoms with Gasteiger partial charge in [-0.3, -0.25) is 4.79 Å². The zero-order chi connectivity index (χ0) is 45.5. The number of hydrogen-bond donors (Lipinski definition) is 4. The van der Waals surface area contributed by atoms with Gasteiger partial charge >= 0.3 is 6.03 Å². The Morgan fingerprint density at radius 1 is 0.469 bits per heavy atom. The van der Waals surface area contributed by atoms with Gasteiger partial charge < -0.3 is 92.7 Å². The minimum Gasteiger partial charge on any atom is -0.378 e. The van der Waals surface area contributed by atoms with Crippen molar-refractivity contribution in [2.75, 3.05) is 217 Å². The van der Waals surface area contributed by atoms with Crippen LogP contribution in [0.2, 0.25) is 0 Å². The maximum atomic E-state index is 12.1. The van der Waals surface area contributed by atoms with Crippen LogP contribution >= 0.6 is 11.8 Å². The van der Waals surface area contributed by atoms with E-state index in [1.54, 1.807) is 0 Å². The molecular formula is C42H82N4O17S. The molecule has 0 radical (unpaired) electrons. The summed E-state index contributed by atoms with van der Waals surface area (Å²) in [5.74, 6) is 0.997. The molecule has 5 N–H and O–H groups in total. The van der Waals surface area contributed by atoms with Crippen molar-refractivity contribution < 1.29 is 80.6 Å². The van der Waals surface area contributed by atoms with Crippen LogP contribution in [0.4, 0.5) is 4.79 Å². The molecule has 0 saturated carbocycles. The predicted octanol–water partition coefficient (Wildman–Crippen LogP) is 0.0361. The van der Waals surface area contributed by atoms with E-state index in [-0.39, 0.29) is 24.0 Å². The molecule has 2 heterocycles. The van der Waals surface area contributed by atoms with Crippen LogP contribution in [0.1, 0.15) is 25.7 Å². The van der Waals surface area contributed by atoms with Crippen molar-refractivity contribution in [3.05, 3.63) is 0 Å². The van der Waals surface area contributed by atoms with Crippen LogP contribution in [0.15, 0.2) is 0 Å². The smallest absolute Gasteiger partial charge is 0.315 e. The van der Waals surface area contributed by atoms with E-state index in [2.05, 4.69) is 16.0 Å². The summed E-state index contributed by atoms with van der Waals surface area (Å²) in [4.78, 5) is 23.5. The van der Waals surface area contributed by atoms with E-state index < -0.39 is 0 Å². The molecule has 3 amide bonds. The third-order valence-corrected chi connectivity index (χ3v) is 10.6. The third-order valence-electron chi connectivity index (χ3n) is 9.12. The Morgan fingerprint density at radius 3 is 1.11 bits per heavy atom. The average molecular weight is 947 g/mol. The van der Waals surface area contributed by atoms with Crippen molar-refractivity contribution in [3.63, 3.8) is 0 Å². The maximum Gasteiger partial charge on any atom is 0.315 e. The van der Waals surface area contributed by atoms with Gasteiger partial charge in [-0.1, -0.05) is 6.42 Å². The zero-order valence-corrected chi connectivity index (χ0v) is 39.1. The first-order valence-electron chi connectivity index (χ1n) is 23.0. The SMILES string of the molecule is NCCOCCOCCOCCOCCOCCOCCOCCOCCOCCOCCOCCOCCOCCOCCOCCNC(=O)CCCC[C@@H]1SC[C@@H]2NC(=O)N[C@@H]21. The summed E-state index contributed by atoms with van der Waals surface area (Å²) >= 11 is 1.90. The molecule has 3 atom stereocenters. The van der Waals surface area contributed by atoms with Crippen LogP contribution < -0.4 is 21.7 Å². The van der Waals surface area contributed by atoms with Gasteiger partial charge in [-0.25, -0.2) is 4.79 Å². The van der Waals surface area contributed by atoms with Crippen LogP contribution in [0.3, 0.4) is 0 Å². The Balaban J connectivity index is 1.12. The monoisotopic (exact) mass is 947 g/mol. The summed E-state index contributed by atoms with van der Waals surface area (Å²) < 4.78 is 82.0. The molecule has 0 aromatic rings. The number of ether oxygens (including phenoxy) is 15. The molecule has 0 aromatic carbocycles. The summed E-state index contributed by atoms with van der Waals surface area (Å²) in [5.41, 5.74) is 5.34. The van der Waals surface area contributed by atoms with E-state index in [0.29, 0.717) is 223 Å². The molecule has 21 nitrogen and oxygen atoms in total. The highest BCUT2D eigenvalue weighted by Gasteiger charge is 2.42. The number of nitrogens with two attached hydrogens (primary N) is 1. The highest BCUT2D eigenvalue weighted by molar-refractivity contribution is 8.00. The molecule has 2 aliphatic rings. The van der Waals surface area contributed by atoms with Crippen LogP contribution in [-0.4, -0.2) is 246 Å². The molecule has 0 aliphatic carbocycles. The van der Waals surface area contributed by atoms with E-state index in [4.69, 9.17) is 76.8 Å². The van der Waals surface area contributed by atoms with Crippen LogP contribution in [-0.2, 0) is 75.8 Å². The molecule has 64 heavy (non-hydrogen) atoms. The highest BCUT2D eigenvalue weighted by atomic mass is 32.2. The lowest BCUT2D eigenvalue weighted by Gasteiger charge is -2.16. The summed E-state index contributed by atoms with van der Waals surface area (Å²) in [6.45, 7) is 15.8. The number of carbonyl (C=O) groups is 2. The molecule has 378 valence electrons. The number of hydrogen-bond acceptors (Lipinski definition) is 19. The van der Waals surface area contributed by atoms with Gasteiger partial charge in [-0.15, -0.1) is 0 Å². The highest BCUT2D eigenvalue weighted by Crippen LogP contribution is 2.33. The second-order valence-electron chi connectivity index (χ2n) is 14.2. The Kier molecular flexibility index (Phi) is 42.6. The molecule has 0 aromatic heterocycles. The molecule has 0 bridgehead atoms. The van der Waals surface area contributed by atoms with Crippen LogP contribution in [0.25, 0.3) is 0 Å². The minimum atomic E-state index is -0.0626. The van der Waals surface area contributed by atoms with Crippen molar-refractivity contribution >= 4 is 23.7 Å². The average Bonchev–Trinajstić information content (AvgIpc) is 3.86. The molecule has 2 aliphatic heterocycles. The Hall–Kier alpha value is -1.55. The number of urea groups is 1. The Morgan fingerprint density at radius 2 is 0.781 bits per heavy atom. The first-order valence-corrected chi connectivity index (χ1v) is 24.1. The second-order valence-corrected chi connectivity index (χ2v) is 15.5. The molecule has 2 rings (SSSR count). The third kappa shape index (κ3) is 37.5. The molecule has 0 unspecified atom stereocenters. The van der Waals surface area contributed by atoms with Gasteiger partial charge in [0.25, 0.3) is 0 Å². The summed E-state index contributed by atoms with van der Waals surface area (Å²) in [7, 11) is 0. The van der Waals surface area contributed by atoms with Gasteiger partial charge in [0.05, 0.1) is 210 Å². The van der Waals surface area contributed by atoms with Gasteiger partial charge in [0.2, 0.25) is 5.91 Å². The van der Waals surface area contributed by atoms with E-state index in [0.717, 1.165) is 25.0 Å². The largest absolute Gasteiger partial charge is 0.378 e. The van der Waals surface area contributed by atoms with E-state index in [1.807, 2.05) is 11.8 Å². The maximum absolute atomic E-state index is 12.1. The van der Waals surface area contributed by atoms with Gasteiger partial charge in [-0.05, 0) is 12.8 Å². The van der Waals surface area contributed by atoms with Gasteiger partial charge in [0, 0.05) is 30.5 Å². The predicted molar refractivity (Wildman–Crippen MR) is 238 cm³/mol. The van der Waals surface area contributed by atoms with Crippen LogP contribution in [0, 0.1) is 0 Å². The number of fused-ring (bicyclic) bond motifs is 1. The zero-order valence-electron chi connectivity index (χ0n) is 38.3. The number of unbranched alkanes of at least 4 members (excludes halogenated alkanes) is 1. The van der Waals surface area contributed by atoms with Crippen molar-refractivity contribution in [1.82, 2.24) is 16.0 Å². The fraction of sp³-hybridized carbons (Fsp3) is 0.952. The molecule has 2 saturated heterocycles. The topological polar surface area (TPSA) is 235 Å². The van der Waals surface area contributed by atoms with Crippen molar-refractivity contribution in [2.45, 2.75) is 43.0 Å². The Bertz CT molecular complexity index is 1040. The summed E-state index contributed by atoms with van der Waals surface area (Å²) in [6.07, 6.45) is 3.32. The lowest BCUT2D eigenvalue weighted by molar-refractivity contribution is -0.121. The van der Waals surface area contributed by atoms with Crippen LogP contribution in [0.5, 0.6) is 0 Å². The lowest BCUT2D eigenvalue weighted by Crippen LogP contribution is -2.36. The molecule has 0 spiro atoms. The van der Waals surface area contributed by atoms with Crippen molar-refractivity contribution in [2.24, 2.45) is 5.73 Å². The summed E-state index contributed by atoms with van der Waals surface area (Å²) in [6, 6.07) is 0.398. The fourth-order valence-electron chi connectivity index (χ4n) is 5.89. The number of nitrogens with one attached hydrogen (secondary N) is 3. The quantitative estimate of drug-likeness (QED) is 0.0466. The molecule has 2 fully saturated rings. The molecular weight excluding hydrogens is 865 g/mol. The van der Waals surface area contributed by atoms with E-state index in [1.165, 1.54) is 0 Å². The van der Waals surface area contributed by atoms with Gasteiger partial charge in [-0.2, -0.15) is 11.8 Å².